The monoisotopic (exact) mass is 442 g/mol. The Kier molecular flexibility index (Phi) is 9.19. The molecule has 0 fully saturated rings. The number of hydrogen-bond acceptors (Lipinski definition) is 4. The zero-order valence-corrected chi connectivity index (χ0v) is 19.7. The van der Waals surface area contributed by atoms with E-state index >= 15 is 0 Å². The highest BCUT2D eigenvalue weighted by Crippen LogP contribution is 2.30. The van der Waals surface area contributed by atoms with Gasteiger partial charge in [0.05, 0.1) is 5.70 Å². The highest BCUT2D eigenvalue weighted by Gasteiger charge is 2.16. The molecule has 0 aliphatic heterocycles. The average Bonchev–Trinajstić information content (AvgIpc) is 3.27. The number of aldehydes is 1. The molecular formula is C28H34N4O. The van der Waals surface area contributed by atoms with Crippen molar-refractivity contribution in [1.82, 2.24) is 14.9 Å². The van der Waals surface area contributed by atoms with E-state index in [0.29, 0.717) is 18.9 Å². The van der Waals surface area contributed by atoms with Gasteiger partial charge >= 0.3 is 0 Å². The topological polar surface area (TPSA) is 59.3 Å². The summed E-state index contributed by atoms with van der Waals surface area (Å²) in [5, 5.41) is 3.37. The zero-order chi connectivity index (χ0) is 23.5. The van der Waals surface area contributed by atoms with Crippen molar-refractivity contribution in [1.29, 1.82) is 0 Å². The fourth-order valence-electron chi connectivity index (χ4n) is 3.98. The molecule has 0 saturated heterocycles. The fourth-order valence-corrected chi connectivity index (χ4v) is 3.98. The van der Waals surface area contributed by atoms with Gasteiger partial charge in [0.25, 0.3) is 0 Å². The largest absolute Gasteiger partial charge is 0.380 e. The van der Waals surface area contributed by atoms with Crippen molar-refractivity contribution in [2.45, 2.75) is 58.4 Å². The summed E-state index contributed by atoms with van der Waals surface area (Å²) in [5.74, 6) is 1.16. The van der Waals surface area contributed by atoms with E-state index in [0.717, 1.165) is 48.4 Å². The van der Waals surface area contributed by atoms with Gasteiger partial charge in [-0.3, -0.25) is 4.57 Å². The number of carbonyl (C=O) groups excluding carboxylic acids is 1. The predicted octanol–water partition coefficient (Wildman–Crippen LogP) is 6.61. The van der Waals surface area contributed by atoms with Gasteiger partial charge < -0.3 is 10.1 Å². The van der Waals surface area contributed by atoms with Crippen LogP contribution >= 0.6 is 0 Å². The Morgan fingerprint density at radius 1 is 1.15 bits per heavy atom. The molecule has 0 amide bonds. The summed E-state index contributed by atoms with van der Waals surface area (Å²) in [6, 6.07) is 18.8. The molecule has 3 rings (SSSR count). The first-order valence-electron chi connectivity index (χ1n) is 11.7. The Morgan fingerprint density at radius 3 is 2.58 bits per heavy atom. The van der Waals surface area contributed by atoms with Gasteiger partial charge in [-0.25, -0.2) is 9.98 Å². The molecule has 0 spiro atoms. The number of rotatable bonds is 13. The zero-order valence-electron chi connectivity index (χ0n) is 19.7. The number of hydrogen-bond donors (Lipinski definition) is 1. The van der Waals surface area contributed by atoms with E-state index in [-0.39, 0.29) is 0 Å². The molecule has 1 heterocycles. The Hall–Kier alpha value is -3.47. The first kappa shape index (κ1) is 24.2. The van der Waals surface area contributed by atoms with E-state index in [9.17, 15) is 4.79 Å². The van der Waals surface area contributed by atoms with Crippen LogP contribution in [-0.4, -0.2) is 22.1 Å². The molecule has 1 atom stereocenters. The van der Waals surface area contributed by atoms with Crippen LogP contribution < -0.4 is 5.32 Å². The quantitative estimate of drug-likeness (QED) is 0.239. The molecule has 0 radical (unpaired) electrons. The van der Waals surface area contributed by atoms with Crippen molar-refractivity contribution in [2.75, 3.05) is 0 Å². The van der Waals surface area contributed by atoms with Crippen molar-refractivity contribution < 1.29 is 4.79 Å². The lowest BCUT2D eigenvalue weighted by atomic mass is 9.89. The second kappa shape index (κ2) is 12.5. The molecule has 5 nitrogen and oxygen atoms in total. The summed E-state index contributed by atoms with van der Waals surface area (Å²) in [6.07, 6.45) is 9.53. The number of nitrogens with zero attached hydrogens (tertiary/aromatic N) is 3. The normalized spacial score (nSPS) is 12.1. The average molecular weight is 443 g/mol. The van der Waals surface area contributed by atoms with Crippen LogP contribution in [0.3, 0.4) is 0 Å². The molecule has 172 valence electrons. The maximum Gasteiger partial charge on any atom is 0.166 e. The standard InChI is InChI=1S/C28H34N4O/c1-4-6-13-24(14-10-19-33)25-15-17-26(18-16-25)32-21-31-27(28(32)29-5-2)22(3)30-20-23-11-8-7-9-12-23/h5,7-9,11-12,15-19,21,24,30H,3-4,6,10,13-14,20H2,1-2H3/b29-5-. The van der Waals surface area contributed by atoms with Gasteiger partial charge in [0, 0.05) is 24.9 Å². The van der Waals surface area contributed by atoms with Crippen molar-refractivity contribution in [3.05, 3.63) is 84.3 Å². The number of carbonyl (C=O) groups is 1. The van der Waals surface area contributed by atoms with Crippen LogP contribution in [0.15, 0.2) is 72.5 Å². The van der Waals surface area contributed by atoms with Crippen LogP contribution in [0, 0.1) is 0 Å². The molecular weight excluding hydrogens is 408 g/mol. The number of imidazole rings is 1. The Labute approximate surface area is 197 Å². The SMILES string of the molecule is C=C(NCc1ccccc1)c1ncn(-c2ccc(C(CCC=O)CCCC)cc2)c1/N=C\C. The number of aromatic nitrogens is 2. The molecule has 0 saturated carbocycles. The smallest absolute Gasteiger partial charge is 0.166 e. The van der Waals surface area contributed by atoms with Crippen LogP contribution in [-0.2, 0) is 11.3 Å². The maximum atomic E-state index is 10.9. The van der Waals surface area contributed by atoms with Crippen molar-refractivity contribution >= 4 is 24.0 Å². The maximum absolute atomic E-state index is 10.9. The highest BCUT2D eigenvalue weighted by atomic mass is 16.1. The minimum atomic E-state index is 0.414. The van der Waals surface area contributed by atoms with Crippen molar-refractivity contribution in [2.24, 2.45) is 4.99 Å². The molecule has 0 aliphatic carbocycles. The summed E-state index contributed by atoms with van der Waals surface area (Å²) in [6.45, 7) is 8.97. The molecule has 1 aromatic heterocycles. The Balaban J connectivity index is 1.80. The fraction of sp³-hybridized carbons (Fsp3) is 0.321. The third-order valence-corrected chi connectivity index (χ3v) is 5.81. The van der Waals surface area contributed by atoms with E-state index in [1.165, 1.54) is 17.5 Å². The summed E-state index contributed by atoms with van der Waals surface area (Å²) in [7, 11) is 0. The van der Waals surface area contributed by atoms with Crippen LogP contribution in [0.1, 0.15) is 68.7 Å². The number of nitrogens with one attached hydrogen (secondary N) is 1. The van der Waals surface area contributed by atoms with Gasteiger partial charge in [0.15, 0.2) is 5.82 Å². The summed E-state index contributed by atoms with van der Waals surface area (Å²) < 4.78 is 1.99. The van der Waals surface area contributed by atoms with Gasteiger partial charge in [-0.2, -0.15) is 0 Å². The lowest BCUT2D eigenvalue weighted by Crippen LogP contribution is -2.11. The van der Waals surface area contributed by atoms with Crippen LogP contribution in [0.2, 0.25) is 0 Å². The van der Waals surface area contributed by atoms with E-state index in [1.807, 2.05) is 29.7 Å². The molecule has 2 aromatic carbocycles. The Morgan fingerprint density at radius 2 is 1.91 bits per heavy atom. The number of aliphatic imine (C=N–C) groups is 1. The molecule has 33 heavy (non-hydrogen) atoms. The lowest BCUT2D eigenvalue weighted by Gasteiger charge is -2.17. The lowest BCUT2D eigenvalue weighted by molar-refractivity contribution is -0.108. The summed E-state index contributed by atoms with van der Waals surface area (Å²) >= 11 is 0. The van der Waals surface area contributed by atoms with Gasteiger partial charge in [0.2, 0.25) is 0 Å². The minimum absolute atomic E-state index is 0.414. The molecule has 0 bridgehead atoms. The first-order chi connectivity index (χ1) is 16.2. The van der Waals surface area contributed by atoms with E-state index in [2.05, 4.69) is 65.2 Å². The van der Waals surface area contributed by atoms with Crippen molar-refractivity contribution in [3.63, 3.8) is 0 Å². The first-order valence-corrected chi connectivity index (χ1v) is 11.7. The summed E-state index contributed by atoms with van der Waals surface area (Å²) in [4.78, 5) is 20.1. The number of unbranched alkanes of at least 4 members (excludes halogenated alkanes) is 1. The third kappa shape index (κ3) is 6.51. The molecule has 0 aliphatic rings. The predicted molar refractivity (Wildman–Crippen MR) is 137 cm³/mol. The summed E-state index contributed by atoms with van der Waals surface area (Å²) in [5.41, 5.74) is 4.94. The number of benzene rings is 2. The molecule has 1 N–H and O–H groups in total. The Bertz CT molecular complexity index is 1050. The van der Waals surface area contributed by atoms with Crippen LogP contribution in [0.25, 0.3) is 11.4 Å². The molecule has 1 unspecified atom stereocenters. The molecule has 3 aromatic rings. The second-order valence-corrected chi connectivity index (χ2v) is 8.17. The second-order valence-electron chi connectivity index (χ2n) is 8.17. The van der Waals surface area contributed by atoms with Gasteiger partial charge in [-0.1, -0.05) is 68.8 Å². The van der Waals surface area contributed by atoms with E-state index in [1.54, 1.807) is 12.5 Å². The van der Waals surface area contributed by atoms with E-state index in [4.69, 9.17) is 0 Å². The minimum Gasteiger partial charge on any atom is -0.380 e. The van der Waals surface area contributed by atoms with Gasteiger partial charge in [0.1, 0.15) is 18.3 Å². The van der Waals surface area contributed by atoms with Crippen LogP contribution in [0.4, 0.5) is 5.82 Å². The molecule has 5 heteroatoms. The van der Waals surface area contributed by atoms with E-state index < -0.39 is 0 Å². The van der Waals surface area contributed by atoms with Crippen LogP contribution in [0.5, 0.6) is 0 Å². The highest BCUT2D eigenvalue weighted by molar-refractivity contribution is 5.72. The van der Waals surface area contributed by atoms with Crippen molar-refractivity contribution in [3.8, 4) is 5.69 Å². The van der Waals surface area contributed by atoms with Gasteiger partial charge in [-0.05, 0) is 48.9 Å². The third-order valence-electron chi connectivity index (χ3n) is 5.81. The van der Waals surface area contributed by atoms with Gasteiger partial charge in [-0.15, -0.1) is 0 Å².